The van der Waals surface area contributed by atoms with Crippen LogP contribution in [0.4, 0.5) is 0 Å². The largest absolute Gasteiger partial charge is 0.465 e. The minimum absolute atomic E-state index is 0.0492. The lowest BCUT2D eigenvalue weighted by molar-refractivity contribution is -0.149. The van der Waals surface area contributed by atoms with Crippen LogP contribution in [0.1, 0.15) is 188 Å². The van der Waals surface area contributed by atoms with E-state index in [1.807, 2.05) is 0 Å². The van der Waals surface area contributed by atoms with Crippen molar-refractivity contribution in [2.75, 3.05) is 6.61 Å². The molecule has 2 heteroatoms. The van der Waals surface area contributed by atoms with Crippen LogP contribution in [0.15, 0.2) is 0 Å². The Morgan fingerprint density at radius 2 is 0.800 bits per heavy atom. The van der Waals surface area contributed by atoms with Gasteiger partial charge >= 0.3 is 5.97 Å². The first-order chi connectivity index (χ1) is 17.2. The van der Waals surface area contributed by atoms with E-state index in [1.54, 1.807) is 0 Å². The van der Waals surface area contributed by atoms with Gasteiger partial charge in [0.1, 0.15) is 0 Å². The smallest absolute Gasteiger partial charge is 0.308 e. The van der Waals surface area contributed by atoms with E-state index in [1.165, 1.54) is 148 Å². The Hall–Kier alpha value is -0.530. The predicted molar refractivity (Wildman–Crippen MR) is 156 cm³/mol. The highest BCUT2D eigenvalue weighted by molar-refractivity contribution is 5.71. The molecule has 0 aliphatic carbocycles. The number of hydrogen-bond donors (Lipinski definition) is 0. The van der Waals surface area contributed by atoms with Crippen LogP contribution in [0.5, 0.6) is 0 Å². The van der Waals surface area contributed by atoms with Crippen molar-refractivity contribution in [2.24, 2.45) is 11.8 Å². The Morgan fingerprint density at radius 1 is 0.486 bits per heavy atom. The third-order valence-electron chi connectivity index (χ3n) is 7.79. The lowest BCUT2D eigenvalue weighted by Gasteiger charge is -2.19. The van der Waals surface area contributed by atoms with Crippen LogP contribution in [0.25, 0.3) is 0 Å². The van der Waals surface area contributed by atoms with Gasteiger partial charge in [0.05, 0.1) is 12.5 Å². The molecule has 0 bridgehead atoms. The molecule has 0 amide bonds. The molecule has 0 N–H and O–H groups in total. The molecule has 0 spiro atoms. The van der Waals surface area contributed by atoms with Gasteiger partial charge in [0, 0.05) is 0 Å². The molecule has 0 aromatic rings. The molecule has 0 aliphatic rings. The van der Waals surface area contributed by atoms with Gasteiger partial charge in [0.15, 0.2) is 0 Å². The van der Waals surface area contributed by atoms with Crippen molar-refractivity contribution in [1.29, 1.82) is 0 Å². The van der Waals surface area contributed by atoms with E-state index < -0.39 is 0 Å². The summed E-state index contributed by atoms with van der Waals surface area (Å²) >= 11 is 0. The number of ether oxygens (including phenoxy) is 1. The standard InChI is InChI=1S/C33H66O2/c1-5-8-11-14-16-17-18-20-23-26-29-32(28-25-22-19-15-12-9-6-2)30-35-33(34)31(4)27-24-21-13-10-7-3/h31-32H,5-30H2,1-4H3. The van der Waals surface area contributed by atoms with E-state index in [0.29, 0.717) is 12.5 Å². The highest BCUT2D eigenvalue weighted by atomic mass is 16.5. The lowest BCUT2D eigenvalue weighted by atomic mass is 9.94. The number of hydrogen-bond acceptors (Lipinski definition) is 2. The normalized spacial score (nSPS) is 13.1. The average Bonchev–Trinajstić information content (AvgIpc) is 2.86. The molecule has 0 saturated heterocycles. The summed E-state index contributed by atoms with van der Waals surface area (Å²) in [7, 11) is 0. The van der Waals surface area contributed by atoms with Crippen molar-refractivity contribution in [3.05, 3.63) is 0 Å². The van der Waals surface area contributed by atoms with Gasteiger partial charge < -0.3 is 4.74 Å². The van der Waals surface area contributed by atoms with Gasteiger partial charge in [-0.25, -0.2) is 0 Å². The molecule has 0 fully saturated rings. The zero-order valence-corrected chi connectivity index (χ0v) is 24.9. The van der Waals surface area contributed by atoms with Crippen molar-refractivity contribution in [3.63, 3.8) is 0 Å². The first-order valence-corrected chi connectivity index (χ1v) is 16.3. The molecule has 0 aromatic carbocycles. The van der Waals surface area contributed by atoms with E-state index in [4.69, 9.17) is 4.74 Å². The summed E-state index contributed by atoms with van der Waals surface area (Å²) in [5.41, 5.74) is 0. The first-order valence-electron chi connectivity index (χ1n) is 16.3. The molecule has 35 heavy (non-hydrogen) atoms. The van der Waals surface area contributed by atoms with E-state index in [2.05, 4.69) is 27.7 Å². The lowest BCUT2D eigenvalue weighted by Crippen LogP contribution is -2.20. The number of carbonyl (C=O) groups excluding carboxylic acids is 1. The molecule has 2 atom stereocenters. The van der Waals surface area contributed by atoms with Gasteiger partial charge in [-0.3, -0.25) is 4.79 Å². The Labute approximate surface area is 222 Å². The summed E-state index contributed by atoms with van der Waals surface area (Å²) in [6, 6.07) is 0. The maximum Gasteiger partial charge on any atom is 0.308 e. The highest BCUT2D eigenvalue weighted by Crippen LogP contribution is 2.21. The van der Waals surface area contributed by atoms with Crippen LogP contribution < -0.4 is 0 Å². The summed E-state index contributed by atoms with van der Waals surface area (Å²) < 4.78 is 5.86. The van der Waals surface area contributed by atoms with Crippen LogP contribution in [0, 0.1) is 11.8 Å². The van der Waals surface area contributed by atoms with E-state index in [0.717, 1.165) is 12.8 Å². The SMILES string of the molecule is CCCCCCCCCCCCC(CCCCCCCCC)COC(=O)C(C)CCCCCCC. The summed E-state index contributed by atoms with van der Waals surface area (Å²) in [4.78, 5) is 12.6. The number of carbonyl (C=O) groups is 1. The van der Waals surface area contributed by atoms with Crippen LogP contribution in [0.2, 0.25) is 0 Å². The fraction of sp³-hybridized carbons (Fsp3) is 0.970. The third-order valence-corrected chi connectivity index (χ3v) is 7.79. The van der Waals surface area contributed by atoms with Crippen molar-refractivity contribution in [1.82, 2.24) is 0 Å². The number of rotatable bonds is 28. The van der Waals surface area contributed by atoms with Gasteiger partial charge in [0.25, 0.3) is 0 Å². The van der Waals surface area contributed by atoms with Crippen molar-refractivity contribution in [3.8, 4) is 0 Å². The zero-order valence-electron chi connectivity index (χ0n) is 24.9. The molecule has 0 rings (SSSR count). The quantitative estimate of drug-likeness (QED) is 0.0798. The van der Waals surface area contributed by atoms with Crippen molar-refractivity contribution >= 4 is 5.97 Å². The first kappa shape index (κ1) is 34.5. The summed E-state index contributed by atoms with van der Waals surface area (Å²) in [5.74, 6) is 0.682. The topological polar surface area (TPSA) is 26.3 Å². The second-order valence-electron chi connectivity index (χ2n) is 11.5. The molecule has 0 aromatic heterocycles. The minimum Gasteiger partial charge on any atom is -0.465 e. The molecular weight excluding hydrogens is 428 g/mol. The summed E-state index contributed by atoms with van der Waals surface area (Å²) in [5, 5.41) is 0. The van der Waals surface area contributed by atoms with Gasteiger partial charge in [0.2, 0.25) is 0 Å². The van der Waals surface area contributed by atoms with Gasteiger partial charge in [-0.15, -0.1) is 0 Å². The van der Waals surface area contributed by atoms with Gasteiger partial charge in [-0.05, 0) is 25.2 Å². The molecule has 0 saturated carbocycles. The van der Waals surface area contributed by atoms with Crippen LogP contribution in [-0.4, -0.2) is 12.6 Å². The van der Waals surface area contributed by atoms with Crippen LogP contribution >= 0.6 is 0 Å². The molecule has 0 heterocycles. The van der Waals surface area contributed by atoms with E-state index in [-0.39, 0.29) is 11.9 Å². The van der Waals surface area contributed by atoms with Crippen LogP contribution in [-0.2, 0) is 9.53 Å². The monoisotopic (exact) mass is 495 g/mol. The van der Waals surface area contributed by atoms with Crippen molar-refractivity contribution in [2.45, 2.75) is 188 Å². The summed E-state index contributed by atoms with van der Waals surface area (Å²) in [6.45, 7) is 9.55. The predicted octanol–water partition coefficient (Wildman–Crippen LogP) is 11.6. The van der Waals surface area contributed by atoms with E-state index >= 15 is 0 Å². The Bertz CT molecular complexity index is 419. The second kappa shape index (κ2) is 28.0. The fourth-order valence-electron chi connectivity index (χ4n) is 5.14. The zero-order chi connectivity index (χ0) is 25.8. The molecule has 0 radical (unpaired) electrons. The van der Waals surface area contributed by atoms with E-state index in [9.17, 15) is 4.79 Å². The Kier molecular flexibility index (Phi) is 27.6. The average molecular weight is 495 g/mol. The van der Waals surface area contributed by atoms with Gasteiger partial charge in [-0.2, -0.15) is 0 Å². The Morgan fingerprint density at radius 3 is 1.17 bits per heavy atom. The maximum absolute atomic E-state index is 12.6. The van der Waals surface area contributed by atoms with Crippen LogP contribution in [0.3, 0.4) is 0 Å². The number of esters is 1. The van der Waals surface area contributed by atoms with Crippen molar-refractivity contribution < 1.29 is 9.53 Å². The Balaban J connectivity index is 4.13. The third kappa shape index (κ3) is 24.9. The maximum atomic E-state index is 12.6. The fourth-order valence-corrected chi connectivity index (χ4v) is 5.14. The van der Waals surface area contributed by atoms with Gasteiger partial charge in [-0.1, -0.05) is 169 Å². The number of unbranched alkanes of at least 4 members (excludes halogenated alkanes) is 19. The summed E-state index contributed by atoms with van der Waals surface area (Å²) in [6.07, 6.45) is 33.2. The molecule has 2 unspecified atom stereocenters. The highest BCUT2D eigenvalue weighted by Gasteiger charge is 2.17. The minimum atomic E-state index is 0.0492. The molecule has 0 aliphatic heterocycles. The molecule has 2 nitrogen and oxygen atoms in total. The molecule has 210 valence electrons. The molecular formula is C33H66O2. The second-order valence-corrected chi connectivity index (χ2v) is 11.5.